The molecule has 0 aliphatic carbocycles. The summed E-state index contributed by atoms with van der Waals surface area (Å²) in [6.45, 7) is 0.516. The van der Waals surface area contributed by atoms with E-state index in [9.17, 15) is 10.1 Å². The fourth-order valence-corrected chi connectivity index (χ4v) is 5.27. The molecule has 0 unspecified atom stereocenters. The summed E-state index contributed by atoms with van der Waals surface area (Å²) in [7, 11) is 0. The number of aromatic nitrogens is 3. The number of hydrogen-bond donors (Lipinski definition) is 0. The highest BCUT2D eigenvalue weighted by molar-refractivity contribution is 6.31. The molecule has 7 nitrogen and oxygen atoms in total. The van der Waals surface area contributed by atoms with E-state index < -0.39 is 0 Å². The number of rotatable bonds is 5. The minimum atomic E-state index is -0.313. The summed E-state index contributed by atoms with van der Waals surface area (Å²) in [4.78, 5) is 18.5. The molecule has 4 aromatic carbocycles. The lowest BCUT2D eigenvalue weighted by molar-refractivity contribution is 0.616. The lowest BCUT2D eigenvalue weighted by Gasteiger charge is -2.07. The van der Waals surface area contributed by atoms with Gasteiger partial charge < -0.3 is 8.98 Å². The van der Waals surface area contributed by atoms with Crippen molar-refractivity contribution in [3.05, 3.63) is 135 Å². The normalized spacial score (nSPS) is 11.6. The topological polar surface area (TPSA) is 89.1 Å². The number of fused-ring (bicyclic) bond motifs is 3. The maximum absolute atomic E-state index is 13.7. The van der Waals surface area contributed by atoms with E-state index in [1.165, 1.54) is 4.68 Å². The van der Waals surface area contributed by atoms with Gasteiger partial charge >= 0.3 is 0 Å². The number of para-hydroxylation sites is 2. The summed E-state index contributed by atoms with van der Waals surface area (Å²) < 4.78 is 9.44. The van der Waals surface area contributed by atoms with Crippen LogP contribution >= 0.6 is 11.6 Å². The van der Waals surface area contributed by atoms with E-state index in [-0.39, 0.29) is 11.4 Å². The van der Waals surface area contributed by atoms with Crippen molar-refractivity contribution in [1.29, 1.82) is 5.26 Å². The summed E-state index contributed by atoms with van der Waals surface area (Å²) >= 11 is 6.19. The Morgan fingerprint density at radius 3 is 2.61 bits per heavy atom. The first-order chi connectivity index (χ1) is 20.1. The van der Waals surface area contributed by atoms with Gasteiger partial charge in [0.1, 0.15) is 5.58 Å². The van der Waals surface area contributed by atoms with Gasteiger partial charge in [-0.2, -0.15) is 15.0 Å². The maximum atomic E-state index is 13.7. The summed E-state index contributed by atoms with van der Waals surface area (Å²) in [5.74, 6) is 0.682. The Morgan fingerprint density at radius 1 is 0.951 bits per heavy atom. The van der Waals surface area contributed by atoms with Gasteiger partial charge in [0.2, 0.25) is 5.82 Å². The average molecular weight is 554 g/mol. The molecule has 0 saturated carbocycles. The first kappa shape index (κ1) is 24.6. The first-order valence-corrected chi connectivity index (χ1v) is 13.3. The molecule has 0 amide bonds. The van der Waals surface area contributed by atoms with Crippen molar-refractivity contribution in [3.8, 4) is 17.7 Å². The van der Waals surface area contributed by atoms with E-state index in [1.807, 2.05) is 66.9 Å². The van der Waals surface area contributed by atoms with Crippen LogP contribution in [0.2, 0.25) is 5.02 Å². The highest BCUT2D eigenvalue weighted by Crippen LogP contribution is 2.29. The molecule has 0 fully saturated rings. The molecule has 3 aromatic heterocycles. The van der Waals surface area contributed by atoms with Crippen molar-refractivity contribution < 1.29 is 4.42 Å². The van der Waals surface area contributed by atoms with Crippen LogP contribution in [0.1, 0.15) is 16.7 Å². The average Bonchev–Trinajstić information content (AvgIpc) is 3.58. The quantitative estimate of drug-likeness (QED) is 0.210. The van der Waals surface area contributed by atoms with E-state index in [0.29, 0.717) is 39.4 Å². The van der Waals surface area contributed by atoms with E-state index >= 15 is 0 Å². The van der Waals surface area contributed by atoms with Crippen molar-refractivity contribution >= 4 is 50.6 Å². The molecule has 0 N–H and O–H groups in total. The molecule has 0 spiro atoms. The van der Waals surface area contributed by atoms with Crippen molar-refractivity contribution in [2.24, 2.45) is 5.10 Å². The van der Waals surface area contributed by atoms with Gasteiger partial charge in [-0.05, 0) is 54.1 Å². The number of hydrogen-bond acceptors (Lipinski definition) is 5. The fraction of sp³-hybridized carbons (Fsp3) is 0.0303. The molecule has 0 atom stereocenters. The third kappa shape index (κ3) is 4.37. The molecule has 0 saturated heterocycles. The Bertz CT molecular complexity index is 2250. The maximum Gasteiger partial charge on any atom is 0.282 e. The van der Waals surface area contributed by atoms with Gasteiger partial charge in [-0.25, -0.2) is 4.98 Å². The minimum Gasteiger partial charge on any atom is -0.453 e. The Kier molecular flexibility index (Phi) is 5.96. The second-order valence-corrected chi connectivity index (χ2v) is 10.0. The molecule has 0 aliphatic heterocycles. The third-order valence-electron chi connectivity index (χ3n) is 7.06. The Hall–Kier alpha value is -5.45. The predicted octanol–water partition coefficient (Wildman–Crippen LogP) is 7.22. The van der Waals surface area contributed by atoms with Crippen LogP contribution in [0, 0.1) is 11.3 Å². The van der Waals surface area contributed by atoms with Gasteiger partial charge in [0.15, 0.2) is 5.76 Å². The van der Waals surface area contributed by atoms with Gasteiger partial charge in [0.25, 0.3) is 5.56 Å². The van der Waals surface area contributed by atoms with Gasteiger partial charge in [0, 0.05) is 39.6 Å². The predicted molar refractivity (Wildman–Crippen MR) is 161 cm³/mol. The smallest absolute Gasteiger partial charge is 0.282 e. The van der Waals surface area contributed by atoms with Crippen LogP contribution in [-0.2, 0) is 6.54 Å². The molecule has 0 aliphatic rings. The number of nitrogens with zero attached hydrogens (tertiary/aromatic N) is 5. The summed E-state index contributed by atoms with van der Waals surface area (Å²) in [5, 5.41) is 17.0. The van der Waals surface area contributed by atoms with Crippen LogP contribution in [0.25, 0.3) is 44.4 Å². The molecule has 0 bridgehead atoms. The molecule has 8 heteroatoms. The Labute approximate surface area is 238 Å². The number of furan rings is 1. The SMILES string of the molecule is N#Cc1ccccc1Cn1cc(C=Nn2c(-c3cc4cc(Cl)ccc4o3)nc3ccccc3c2=O)c2ccccc21. The standard InChI is InChI=1S/C33H20ClN5O2/c34-25-13-14-30-23(15-25)16-31(41-30)32-37-28-11-5-3-10-27(28)33(40)39(32)36-18-24-20-38(29-12-6-4-9-26(24)29)19-22-8-2-1-7-21(22)17-35/h1-16,18,20H,19H2. The molecular weight excluding hydrogens is 534 g/mol. The van der Waals surface area contributed by atoms with Crippen LogP contribution in [-0.4, -0.2) is 20.4 Å². The second kappa shape index (κ2) is 9.94. The lowest BCUT2D eigenvalue weighted by Crippen LogP contribution is -2.20. The van der Waals surface area contributed by atoms with Gasteiger partial charge in [-0.1, -0.05) is 60.1 Å². The molecule has 7 rings (SSSR count). The molecular formula is C33H20ClN5O2. The van der Waals surface area contributed by atoms with E-state index in [4.69, 9.17) is 21.0 Å². The van der Waals surface area contributed by atoms with Crippen LogP contribution < -0.4 is 5.56 Å². The first-order valence-electron chi connectivity index (χ1n) is 12.9. The molecule has 0 radical (unpaired) electrons. The van der Waals surface area contributed by atoms with E-state index in [0.717, 1.165) is 27.4 Å². The number of nitriles is 1. The number of halogens is 1. The zero-order valence-corrected chi connectivity index (χ0v) is 22.3. The minimum absolute atomic E-state index is 0.281. The molecule has 7 aromatic rings. The fourth-order valence-electron chi connectivity index (χ4n) is 5.09. The zero-order chi connectivity index (χ0) is 27.9. The number of benzene rings is 4. The largest absolute Gasteiger partial charge is 0.453 e. The van der Waals surface area contributed by atoms with Crippen LogP contribution in [0.3, 0.4) is 0 Å². The Morgan fingerprint density at radius 2 is 1.73 bits per heavy atom. The third-order valence-corrected chi connectivity index (χ3v) is 7.30. The lowest BCUT2D eigenvalue weighted by atomic mass is 10.1. The van der Waals surface area contributed by atoms with Gasteiger partial charge in [-0.15, -0.1) is 0 Å². The Balaban J connectivity index is 1.38. The summed E-state index contributed by atoms with van der Waals surface area (Å²) in [5.41, 5.74) is 4.21. The summed E-state index contributed by atoms with van der Waals surface area (Å²) in [6, 6.07) is 32.1. The van der Waals surface area contributed by atoms with Crippen LogP contribution in [0.4, 0.5) is 0 Å². The monoisotopic (exact) mass is 553 g/mol. The van der Waals surface area contributed by atoms with E-state index in [2.05, 4.69) is 15.7 Å². The molecule has 3 heterocycles. The summed E-state index contributed by atoms with van der Waals surface area (Å²) in [6.07, 6.45) is 3.64. The van der Waals surface area contributed by atoms with Crippen molar-refractivity contribution in [2.75, 3.05) is 0 Å². The van der Waals surface area contributed by atoms with Crippen molar-refractivity contribution in [1.82, 2.24) is 14.2 Å². The molecule has 41 heavy (non-hydrogen) atoms. The highest BCUT2D eigenvalue weighted by Gasteiger charge is 2.17. The van der Waals surface area contributed by atoms with Crippen molar-refractivity contribution in [3.63, 3.8) is 0 Å². The zero-order valence-electron chi connectivity index (χ0n) is 21.5. The van der Waals surface area contributed by atoms with Crippen LogP contribution in [0.5, 0.6) is 0 Å². The van der Waals surface area contributed by atoms with Crippen LogP contribution in [0.15, 0.2) is 118 Å². The highest BCUT2D eigenvalue weighted by atomic mass is 35.5. The second-order valence-electron chi connectivity index (χ2n) is 9.61. The molecule has 196 valence electrons. The van der Waals surface area contributed by atoms with E-state index in [1.54, 1.807) is 42.6 Å². The van der Waals surface area contributed by atoms with Gasteiger partial charge in [0.05, 0.1) is 28.8 Å². The van der Waals surface area contributed by atoms with Gasteiger partial charge in [-0.3, -0.25) is 4.79 Å². The van der Waals surface area contributed by atoms with Crippen molar-refractivity contribution in [2.45, 2.75) is 6.54 Å².